The molecule has 1 unspecified atom stereocenters. The summed E-state index contributed by atoms with van der Waals surface area (Å²) in [4.78, 5) is 32.4. The molecule has 1 N–H and O–H groups in total. The molecular formula is C20H20N2O3S. The highest BCUT2D eigenvalue weighted by Crippen LogP contribution is 2.45. The van der Waals surface area contributed by atoms with Gasteiger partial charge < -0.3 is 10.0 Å². The van der Waals surface area contributed by atoms with Crippen LogP contribution in [0.15, 0.2) is 41.5 Å². The van der Waals surface area contributed by atoms with Crippen molar-refractivity contribution in [3.8, 4) is 0 Å². The first-order valence-corrected chi connectivity index (χ1v) is 9.72. The summed E-state index contributed by atoms with van der Waals surface area (Å²) in [6, 6.07) is 4.83. The van der Waals surface area contributed by atoms with E-state index in [1.807, 2.05) is 18.4 Å². The fraction of sp³-hybridized carbons (Fsp3) is 0.350. The van der Waals surface area contributed by atoms with E-state index in [2.05, 4.69) is 4.98 Å². The lowest BCUT2D eigenvalue weighted by Gasteiger charge is -2.30. The maximum Gasteiger partial charge on any atom is 0.295 e. The standard InChI is InChI=1S/C20H20N2O3S/c1-12-8-11-26-19(12)16-15(17(23)13-6-9-21-10-7-13)18(24)20(25)22(16)14-4-2-3-5-14/h6-11,14,16,23H,2-5H2,1H3/b17-15-. The first kappa shape index (κ1) is 17.0. The van der Waals surface area contributed by atoms with Crippen molar-refractivity contribution in [1.82, 2.24) is 9.88 Å². The molecule has 1 aliphatic heterocycles. The first-order chi connectivity index (χ1) is 12.6. The molecule has 1 saturated heterocycles. The predicted molar refractivity (Wildman–Crippen MR) is 99.7 cm³/mol. The van der Waals surface area contributed by atoms with Gasteiger partial charge in [-0.3, -0.25) is 14.6 Å². The Labute approximate surface area is 156 Å². The SMILES string of the molecule is Cc1ccsc1C1/C(=C(/O)c2ccncc2)C(=O)C(=O)N1C1CCCC1. The zero-order valence-electron chi connectivity index (χ0n) is 14.5. The van der Waals surface area contributed by atoms with Gasteiger partial charge in [0, 0.05) is 28.9 Å². The average Bonchev–Trinajstić information content (AvgIpc) is 3.37. The monoisotopic (exact) mass is 368 g/mol. The van der Waals surface area contributed by atoms with Crippen LogP contribution in [0.2, 0.25) is 0 Å². The van der Waals surface area contributed by atoms with Gasteiger partial charge in [-0.15, -0.1) is 11.3 Å². The number of aromatic nitrogens is 1. The van der Waals surface area contributed by atoms with Crippen LogP contribution in [-0.2, 0) is 9.59 Å². The smallest absolute Gasteiger partial charge is 0.295 e. The van der Waals surface area contributed by atoms with Crippen molar-refractivity contribution >= 4 is 28.8 Å². The molecule has 0 spiro atoms. The van der Waals surface area contributed by atoms with Crippen LogP contribution in [0.1, 0.15) is 47.7 Å². The number of aryl methyl sites for hydroxylation is 1. The molecule has 1 amide bonds. The van der Waals surface area contributed by atoms with E-state index in [1.54, 1.807) is 29.4 Å². The van der Waals surface area contributed by atoms with Crippen LogP contribution in [0, 0.1) is 6.92 Å². The number of ketones is 1. The molecule has 5 nitrogen and oxygen atoms in total. The number of hydrogen-bond acceptors (Lipinski definition) is 5. The number of Topliss-reactive ketones (excluding diaryl/α,β-unsaturated/α-hetero) is 1. The van der Waals surface area contributed by atoms with Gasteiger partial charge in [-0.2, -0.15) is 0 Å². The van der Waals surface area contributed by atoms with Crippen LogP contribution in [0.5, 0.6) is 0 Å². The van der Waals surface area contributed by atoms with E-state index in [1.165, 1.54) is 11.3 Å². The summed E-state index contributed by atoms with van der Waals surface area (Å²) in [7, 11) is 0. The molecule has 4 rings (SSSR count). The topological polar surface area (TPSA) is 70.5 Å². The van der Waals surface area contributed by atoms with Gasteiger partial charge in [0.2, 0.25) is 0 Å². The summed E-state index contributed by atoms with van der Waals surface area (Å²) in [5, 5.41) is 12.9. The van der Waals surface area contributed by atoms with Gasteiger partial charge in [-0.1, -0.05) is 12.8 Å². The Bertz CT molecular complexity index is 881. The Balaban J connectivity index is 1.90. The van der Waals surface area contributed by atoms with Gasteiger partial charge in [-0.05, 0) is 48.9 Å². The van der Waals surface area contributed by atoms with Crippen LogP contribution in [0.25, 0.3) is 5.76 Å². The molecule has 1 atom stereocenters. The van der Waals surface area contributed by atoms with Gasteiger partial charge in [0.25, 0.3) is 11.7 Å². The number of amides is 1. The number of hydrogen-bond donors (Lipinski definition) is 1. The molecular weight excluding hydrogens is 348 g/mol. The van der Waals surface area contributed by atoms with Crippen LogP contribution in [0.4, 0.5) is 0 Å². The van der Waals surface area contributed by atoms with Gasteiger partial charge in [-0.25, -0.2) is 0 Å². The Morgan fingerprint density at radius 1 is 1.19 bits per heavy atom. The van der Waals surface area contributed by atoms with Gasteiger partial charge >= 0.3 is 0 Å². The quantitative estimate of drug-likeness (QED) is 0.508. The van der Waals surface area contributed by atoms with Crippen molar-refractivity contribution in [2.24, 2.45) is 0 Å². The van der Waals surface area contributed by atoms with Crippen molar-refractivity contribution in [2.75, 3.05) is 0 Å². The highest BCUT2D eigenvalue weighted by atomic mass is 32.1. The normalized spacial score (nSPS) is 23.1. The third-order valence-corrected chi connectivity index (χ3v) is 6.37. The van der Waals surface area contributed by atoms with E-state index >= 15 is 0 Å². The lowest BCUT2D eigenvalue weighted by Crippen LogP contribution is -2.37. The van der Waals surface area contributed by atoms with Crippen LogP contribution < -0.4 is 0 Å². The minimum atomic E-state index is -0.594. The summed E-state index contributed by atoms with van der Waals surface area (Å²) in [6.45, 7) is 1.98. The minimum absolute atomic E-state index is 0.0562. The number of aliphatic hydroxyl groups excluding tert-OH is 1. The number of nitrogens with zero attached hydrogens (tertiary/aromatic N) is 2. The molecule has 134 valence electrons. The number of likely N-dealkylation sites (tertiary alicyclic amines) is 1. The molecule has 26 heavy (non-hydrogen) atoms. The number of rotatable bonds is 3. The Morgan fingerprint density at radius 3 is 2.50 bits per heavy atom. The molecule has 0 bridgehead atoms. The third kappa shape index (κ3) is 2.65. The molecule has 2 aromatic rings. The van der Waals surface area contributed by atoms with E-state index in [0.29, 0.717) is 5.56 Å². The molecule has 1 saturated carbocycles. The molecule has 1 aliphatic carbocycles. The van der Waals surface area contributed by atoms with Crippen LogP contribution in [0.3, 0.4) is 0 Å². The zero-order valence-corrected chi connectivity index (χ0v) is 15.3. The van der Waals surface area contributed by atoms with Crippen molar-refractivity contribution in [3.63, 3.8) is 0 Å². The van der Waals surface area contributed by atoms with Gasteiger partial charge in [0.05, 0.1) is 5.57 Å². The van der Waals surface area contributed by atoms with E-state index in [9.17, 15) is 14.7 Å². The summed E-state index contributed by atoms with van der Waals surface area (Å²) in [5.41, 5.74) is 1.73. The highest BCUT2D eigenvalue weighted by Gasteiger charge is 2.49. The predicted octanol–water partition coefficient (Wildman–Crippen LogP) is 3.82. The summed E-state index contributed by atoms with van der Waals surface area (Å²) in [5.74, 6) is -1.21. The third-order valence-electron chi connectivity index (χ3n) is 5.30. The lowest BCUT2D eigenvalue weighted by molar-refractivity contribution is -0.141. The van der Waals surface area contributed by atoms with E-state index in [4.69, 9.17) is 0 Å². The summed E-state index contributed by atoms with van der Waals surface area (Å²) in [6.07, 6.45) is 7.07. The Hall–Kier alpha value is -2.47. The molecule has 2 aromatic heterocycles. The number of thiophene rings is 1. The second-order valence-electron chi connectivity index (χ2n) is 6.85. The highest BCUT2D eigenvalue weighted by molar-refractivity contribution is 7.10. The maximum atomic E-state index is 12.9. The maximum absolute atomic E-state index is 12.9. The average molecular weight is 368 g/mol. The molecule has 2 fully saturated rings. The number of carbonyl (C=O) groups excluding carboxylic acids is 2. The largest absolute Gasteiger partial charge is 0.507 e. The molecule has 0 radical (unpaired) electrons. The lowest BCUT2D eigenvalue weighted by atomic mass is 9.98. The van der Waals surface area contributed by atoms with Crippen molar-refractivity contribution in [3.05, 3.63) is 57.6 Å². The van der Waals surface area contributed by atoms with Crippen molar-refractivity contribution in [2.45, 2.75) is 44.7 Å². The summed E-state index contributed by atoms with van der Waals surface area (Å²) < 4.78 is 0. The second-order valence-corrected chi connectivity index (χ2v) is 7.80. The molecule has 3 heterocycles. The fourth-order valence-electron chi connectivity index (χ4n) is 4.00. The van der Waals surface area contributed by atoms with Crippen LogP contribution in [-0.4, -0.2) is 32.7 Å². The number of pyridine rings is 1. The van der Waals surface area contributed by atoms with E-state index in [0.717, 1.165) is 36.1 Å². The Morgan fingerprint density at radius 2 is 1.88 bits per heavy atom. The number of carbonyl (C=O) groups is 2. The molecule has 0 aromatic carbocycles. The van der Waals surface area contributed by atoms with Crippen molar-refractivity contribution in [1.29, 1.82) is 0 Å². The van der Waals surface area contributed by atoms with Crippen molar-refractivity contribution < 1.29 is 14.7 Å². The Kier molecular flexibility index (Phi) is 4.36. The first-order valence-electron chi connectivity index (χ1n) is 8.84. The van der Waals surface area contributed by atoms with E-state index in [-0.39, 0.29) is 17.4 Å². The van der Waals surface area contributed by atoms with Gasteiger partial charge in [0.1, 0.15) is 11.8 Å². The van der Waals surface area contributed by atoms with Gasteiger partial charge in [0.15, 0.2) is 0 Å². The molecule has 6 heteroatoms. The zero-order chi connectivity index (χ0) is 18.3. The minimum Gasteiger partial charge on any atom is -0.507 e. The molecule has 2 aliphatic rings. The van der Waals surface area contributed by atoms with Crippen LogP contribution >= 0.6 is 11.3 Å². The summed E-state index contributed by atoms with van der Waals surface area (Å²) >= 11 is 1.53. The fourth-order valence-corrected chi connectivity index (χ4v) is 5.03. The van der Waals surface area contributed by atoms with E-state index < -0.39 is 17.7 Å². The second kappa shape index (κ2) is 6.68. The number of aliphatic hydroxyl groups is 1.